The molecule has 0 radical (unpaired) electrons. The third kappa shape index (κ3) is 1.88. The third-order valence-electron chi connectivity index (χ3n) is 5.23. The van der Waals surface area contributed by atoms with Gasteiger partial charge in [-0.25, -0.2) is 0 Å². The molecule has 0 aromatic rings. The van der Waals surface area contributed by atoms with Crippen molar-refractivity contribution in [2.24, 2.45) is 17.8 Å². The van der Waals surface area contributed by atoms with Crippen LogP contribution in [0, 0.1) is 17.8 Å². The van der Waals surface area contributed by atoms with E-state index in [1.54, 1.807) is 0 Å². The minimum Gasteiger partial charge on any atom is -0.400 e. The molecule has 0 bridgehead atoms. The molecule has 0 aromatic heterocycles. The van der Waals surface area contributed by atoms with Gasteiger partial charge in [0, 0.05) is 0 Å². The number of fused-ring (bicyclic) bond motifs is 1. The summed E-state index contributed by atoms with van der Waals surface area (Å²) in [6.45, 7) is 8.42. The molecule has 1 heterocycles. The number of rotatable bonds is 2. The molecular formula is C14H23BO2. The van der Waals surface area contributed by atoms with Gasteiger partial charge in [-0.2, -0.15) is 0 Å². The summed E-state index contributed by atoms with van der Waals surface area (Å²) in [7, 11) is -0.152. The molecule has 0 N–H and O–H groups in total. The lowest BCUT2D eigenvalue weighted by atomic mass is 9.89. The monoisotopic (exact) mass is 234 g/mol. The van der Waals surface area contributed by atoms with Crippen LogP contribution in [0.15, 0.2) is 12.1 Å². The maximum atomic E-state index is 5.96. The van der Waals surface area contributed by atoms with Gasteiger partial charge in [0.1, 0.15) is 0 Å². The zero-order valence-corrected chi connectivity index (χ0v) is 11.4. The molecule has 0 amide bonds. The zero-order chi connectivity index (χ0) is 12.3. The van der Waals surface area contributed by atoms with Crippen molar-refractivity contribution in [3.05, 3.63) is 12.1 Å². The molecule has 2 atom stereocenters. The summed E-state index contributed by atoms with van der Waals surface area (Å²) in [6, 6.07) is 0. The van der Waals surface area contributed by atoms with Gasteiger partial charge in [-0.3, -0.25) is 0 Å². The van der Waals surface area contributed by atoms with Gasteiger partial charge in [0.25, 0.3) is 0 Å². The fourth-order valence-corrected chi connectivity index (χ4v) is 3.35. The summed E-state index contributed by atoms with van der Waals surface area (Å²) in [5.74, 6) is 4.92. The molecular weight excluding hydrogens is 211 g/mol. The van der Waals surface area contributed by atoms with E-state index in [1.807, 2.05) is 0 Å². The molecule has 2 saturated carbocycles. The second-order valence-corrected chi connectivity index (χ2v) is 6.85. The highest BCUT2D eigenvalue weighted by Gasteiger charge is 2.52. The van der Waals surface area contributed by atoms with E-state index in [0.29, 0.717) is 0 Å². The lowest BCUT2D eigenvalue weighted by Gasteiger charge is -2.32. The predicted octanol–water partition coefficient (Wildman–Crippen LogP) is 3.22. The molecule has 3 aliphatic rings. The maximum Gasteiger partial charge on any atom is 0.486 e. The largest absolute Gasteiger partial charge is 0.486 e. The lowest BCUT2D eigenvalue weighted by Crippen LogP contribution is -2.41. The molecule has 94 valence electrons. The van der Waals surface area contributed by atoms with Crippen molar-refractivity contribution in [1.29, 1.82) is 0 Å². The molecule has 1 saturated heterocycles. The van der Waals surface area contributed by atoms with E-state index in [4.69, 9.17) is 9.31 Å². The minimum absolute atomic E-state index is 0.152. The Labute approximate surface area is 105 Å². The predicted molar refractivity (Wildman–Crippen MR) is 69.5 cm³/mol. The van der Waals surface area contributed by atoms with Gasteiger partial charge in [0.15, 0.2) is 0 Å². The van der Waals surface area contributed by atoms with Crippen molar-refractivity contribution in [3.63, 3.8) is 0 Å². The van der Waals surface area contributed by atoms with Gasteiger partial charge in [-0.1, -0.05) is 18.5 Å². The van der Waals surface area contributed by atoms with E-state index < -0.39 is 0 Å². The van der Waals surface area contributed by atoms with Crippen LogP contribution in [-0.4, -0.2) is 18.3 Å². The van der Waals surface area contributed by atoms with Crippen LogP contribution in [0.3, 0.4) is 0 Å². The van der Waals surface area contributed by atoms with E-state index >= 15 is 0 Å². The average Bonchev–Trinajstić information content (AvgIpc) is 2.57. The Morgan fingerprint density at radius 2 is 1.53 bits per heavy atom. The number of hydrogen-bond donors (Lipinski definition) is 0. The molecule has 3 rings (SSSR count). The minimum atomic E-state index is -0.207. The van der Waals surface area contributed by atoms with Gasteiger partial charge in [-0.15, -0.1) is 0 Å². The van der Waals surface area contributed by atoms with Crippen molar-refractivity contribution in [3.8, 4) is 0 Å². The molecule has 0 aromatic carbocycles. The van der Waals surface area contributed by atoms with Crippen LogP contribution < -0.4 is 0 Å². The number of allylic oxidation sites excluding steroid dienone is 1. The smallest absolute Gasteiger partial charge is 0.400 e. The van der Waals surface area contributed by atoms with Gasteiger partial charge >= 0.3 is 7.12 Å². The Balaban J connectivity index is 1.59. The summed E-state index contributed by atoms with van der Waals surface area (Å²) < 4.78 is 11.9. The normalized spacial score (nSPS) is 42.1. The SMILES string of the molecule is CC1(C)OB(/C=C/C2C3CCCC23)OC1(C)C. The van der Waals surface area contributed by atoms with Crippen LogP contribution in [0.5, 0.6) is 0 Å². The third-order valence-corrected chi connectivity index (χ3v) is 5.23. The first-order chi connectivity index (χ1) is 7.91. The van der Waals surface area contributed by atoms with Gasteiger partial charge in [0.2, 0.25) is 0 Å². The lowest BCUT2D eigenvalue weighted by molar-refractivity contribution is 0.00578. The van der Waals surface area contributed by atoms with Gasteiger partial charge in [-0.05, 0) is 58.3 Å². The highest BCUT2D eigenvalue weighted by molar-refractivity contribution is 6.51. The average molecular weight is 234 g/mol. The Morgan fingerprint density at radius 3 is 2.06 bits per heavy atom. The first-order valence-corrected chi connectivity index (χ1v) is 6.95. The zero-order valence-electron chi connectivity index (χ0n) is 11.4. The molecule has 1 aliphatic heterocycles. The summed E-state index contributed by atoms with van der Waals surface area (Å²) in [6.07, 6.45) is 6.65. The quantitative estimate of drug-likeness (QED) is 0.683. The summed E-state index contributed by atoms with van der Waals surface area (Å²) >= 11 is 0. The van der Waals surface area contributed by atoms with E-state index in [2.05, 4.69) is 39.7 Å². The fraction of sp³-hybridized carbons (Fsp3) is 0.857. The Kier molecular flexibility index (Phi) is 2.51. The van der Waals surface area contributed by atoms with Crippen LogP contribution in [0.25, 0.3) is 0 Å². The van der Waals surface area contributed by atoms with Gasteiger partial charge < -0.3 is 9.31 Å². The van der Waals surface area contributed by atoms with E-state index in [-0.39, 0.29) is 18.3 Å². The Hall–Kier alpha value is -0.275. The Bertz CT molecular complexity index is 322. The second-order valence-electron chi connectivity index (χ2n) is 6.85. The molecule has 2 aliphatic carbocycles. The van der Waals surface area contributed by atoms with Crippen LogP contribution in [-0.2, 0) is 9.31 Å². The van der Waals surface area contributed by atoms with Crippen molar-refractivity contribution in [2.75, 3.05) is 0 Å². The standard InChI is InChI=1S/C14H23BO2/c1-13(2)14(3,4)17-15(16-13)9-8-12-10-6-5-7-11(10)12/h8-12H,5-7H2,1-4H3/b9-8+. The highest BCUT2D eigenvalue weighted by atomic mass is 16.7. The van der Waals surface area contributed by atoms with Crippen molar-refractivity contribution < 1.29 is 9.31 Å². The van der Waals surface area contributed by atoms with E-state index in [0.717, 1.165) is 17.8 Å². The molecule has 3 heteroatoms. The summed E-state index contributed by atoms with van der Waals surface area (Å²) in [5.41, 5.74) is -0.414. The second kappa shape index (κ2) is 3.61. The maximum absolute atomic E-state index is 5.96. The van der Waals surface area contributed by atoms with E-state index in [1.165, 1.54) is 19.3 Å². The van der Waals surface area contributed by atoms with Crippen molar-refractivity contribution in [1.82, 2.24) is 0 Å². The first kappa shape index (κ1) is 11.8. The topological polar surface area (TPSA) is 18.5 Å². The number of hydrogen-bond acceptors (Lipinski definition) is 2. The molecule has 2 unspecified atom stereocenters. The molecule has 3 fully saturated rings. The highest BCUT2D eigenvalue weighted by Crippen LogP contribution is 2.58. The first-order valence-electron chi connectivity index (χ1n) is 6.95. The van der Waals surface area contributed by atoms with Crippen molar-refractivity contribution >= 4 is 7.12 Å². The summed E-state index contributed by atoms with van der Waals surface area (Å²) in [5, 5.41) is 0. The molecule has 17 heavy (non-hydrogen) atoms. The van der Waals surface area contributed by atoms with E-state index in [9.17, 15) is 0 Å². The Morgan fingerprint density at radius 1 is 1.00 bits per heavy atom. The summed E-state index contributed by atoms with van der Waals surface area (Å²) in [4.78, 5) is 0. The van der Waals surface area contributed by atoms with Gasteiger partial charge in [0.05, 0.1) is 11.2 Å². The van der Waals surface area contributed by atoms with Crippen LogP contribution >= 0.6 is 0 Å². The molecule has 2 nitrogen and oxygen atoms in total. The van der Waals surface area contributed by atoms with Crippen molar-refractivity contribution in [2.45, 2.75) is 58.2 Å². The van der Waals surface area contributed by atoms with Crippen LogP contribution in [0.1, 0.15) is 47.0 Å². The fourth-order valence-electron chi connectivity index (χ4n) is 3.35. The molecule has 0 spiro atoms. The van der Waals surface area contributed by atoms with Crippen LogP contribution in [0.2, 0.25) is 0 Å². The van der Waals surface area contributed by atoms with Crippen LogP contribution in [0.4, 0.5) is 0 Å².